The van der Waals surface area contributed by atoms with Gasteiger partial charge in [-0.15, -0.1) is 0 Å². The largest absolute Gasteiger partial charge is 0.361 e. The molecule has 1 atom stereocenters. The molecule has 1 aromatic heterocycles. The zero-order chi connectivity index (χ0) is 18.5. The highest BCUT2D eigenvalue weighted by Crippen LogP contribution is 2.24. The van der Waals surface area contributed by atoms with Crippen LogP contribution in [0.2, 0.25) is 0 Å². The number of rotatable bonds is 5. The van der Waals surface area contributed by atoms with Crippen molar-refractivity contribution in [3.8, 4) is 0 Å². The molecular weight excluding hydrogens is 330 g/mol. The molecule has 0 saturated carbocycles. The SMILES string of the molecule is Cc1noc(C)c1C(=O)N1CCCC[C@@H]1CCNC(=O)c1ccccc1. The third-order valence-corrected chi connectivity index (χ3v) is 4.93. The van der Waals surface area contributed by atoms with Crippen LogP contribution in [-0.2, 0) is 0 Å². The van der Waals surface area contributed by atoms with Crippen LogP contribution in [0.5, 0.6) is 0 Å². The monoisotopic (exact) mass is 355 g/mol. The fourth-order valence-electron chi connectivity index (χ4n) is 3.54. The third kappa shape index (κ3) is 3.95. The van der Waals surface area contributed by atoms with Gasteiger partial charge in [0.25, 0.3) is 11.8 Å². The van der Waals surface area contributed by atoms with Gasteiger partial charge < -0.3 is 14.7 Å². The lowest BCUT2D eigenvalue weighted by molar-refractivity contribution is 0.0599. The Kier molecular flexibility index (Phi) is 5.71. The van der Waals surface area contributed by atoms with Crippen LogP contribution < -0.4 is 5.32 Å². The molecular formula is C20H25N3O3. The van der Waals surface area contributed by atoms with Crippen molar-refractivity contribution in [3.05, 3.63) is 52.9 Å². The fourth-order valence-corrected chi connectivity index (χ4v) is 3.54. The van der Waals surface area contributed by atoms with E-state index in [0.717, 1.165) is 32.2 Å². The predicted octanol–water partition coefficient (Wildman–Crippen LogP) is 3.11. The quantitative estimate of drug-likeness (QED) is 0.894. The Balaban J connectivity index is 1.61. The molecule has 3 rings (SSSR count). The second-order valence-electron chi connectivity index (χ2n) is 6.76. The molecule has 2 heterocycles. The summed E-state index contributed by atoms with van der Waals surface area (Å²) < 4.78 is 5.15. The zero-order valence-electron chi connectivity index (χ0n) is 15.3. The highest BCUT2D eigenvalue weighted by molar-refractivity contribution is 5.96. The Morgan fingerprint density at radius 1 is 1.23 bits per heavy atom. The number of piperidine rings is 1. The standard InChI is InChI=1S/C20H25N3O3/c1-14-18(15(2)26-22-14)20(25)23-13-7-6-10-17(23)11-12-21-19(24)16-8-4-3-5-9-16/h3-5,8-9,17H,6-7,10-13H2,1-2H3,(H,21,24)/t17-/m1/s1. The van der Waals surface area contributed by atoms with E-state index in [2.05, 4.69) is 10.5 Å². The normalized spacial score (nSPS) is 17.2. The molecule has 6 heteroatoms. The van der Waals surface area contributed by atoms with Crippen LogP contribution >= 0.6 is 0 Å². The number of carbonyl (C=O) groups excluding carboxylic acids is 2. The molecule has 6 nitrogen and oxygen atoms in total. The maximum absolute atomic E-state index is 13.0. The van der Waals surface area contributed by atoms with E-state index in [4.69, 9.17) is 4.52 Å². The van der Waals surface area contributed by atoms with E-state index in [1.165, 1.54) is 0 Å². The second kappa shape index (κ2) is 8.17. The summed E-state index contributed by atoms with van der Waals surface area (Å²) in [4.78, 5) is 27.1. The number of hydrogen-bond donors (Lipinski definition) is 1. The van der Waals surface area contributed by atoms with Gasteiger partial charge in [0, 0.05) is 24.7 Å². The molecule has 0 spiro atoms. The summed E-state index contributed by atoms with van der Waals surface area (Å²) in [6.45, 7) is 4.85. The molecule has 1 aliphatic heterocycles. The number of nitrogens with one attached hydrogen (secondary N) is 1. The molecule has 1 aliphatic rings. The first-order chi connectivity index (χ1) is 12.6. The predicted molar refractivity (Wildman–Crippen MR) is 98.0 cm³/mol. The molecule has 0 unspecified atom stereocenters. The first kappa shape index (κ1) is 18.2. The molecule has 0 bridgehead atoms. The van der Waals surface area contributed by atoms with Crippen molar-refractivity contribution in [2.24, 2.45) is 0 Å². The van der Waals surface area contributed by atoms with E-state index < -0.39 is 0 Å². The first-order valence-corrected chi connectivity index (χ1v) is 9.15. The zero-order valence-corrected chi connectivity index (χ0v) is 15.3. The molecule has 138 valence electrons. The van der Waals surface area contributed by atoms with Gasteiger partial charge in [0.05, 0.1) is 5.69 Å². The summed E-state index contributed by atoms with van der Waals surface area (Å²) in [5.74, 6) is 0.472. The summed E-state index contributed by atoms with van der Waals surface area (Å²) in [7, 11) is 0. The average molecular weight is 355 g/mol. The molecule has 0 aliphatic carbocycles. The number of benzene rings is 1. The summed E-state index contributed by atoms with van der Waals surface area (Å²) in [6, 6.07) is 9.30. The average Bonchev–Trinajstić information content (AvgIpc) is 3.00. The lowest BCUT2D eigenvalue weighted by Gasteiger charge is -2.36. The fraction of sp³-hybridized carbons (Fsp3) is 0.450. The maximum atomic E-state index is 13.0. The second-order valence-corrected chi connectivity index (χ2v) is 6.76. The van der Waals surface area contributed by atoms with Gasteiger partial charge in [-0.05, 0) is 51.7 Å². The number of aromatic nitrogens is 1. The Bertz CT molecular complexity index is 750. The first-order valence-electron chi connectivity index (χ1n) is 9.15. The van der Waals surface area contributed by atoms with Crippen LogP contribution in [0.15, 0.2) is 34.9 Å². The molecule has 26 heavy (non-hydrogen) atoms. The summed E-state index contributed by atoms with van der Waals surface area (Å²) in [5.41, 5.74) is 1.86. The molecule has 0 radical (unpaired) electrons. The third-order valence-electron chi connectivity index (χ3n) is 4.93. The van der Waals surface area contributed by atoms with Crippen molar-refractivity contribution in [1.29, 1.82) is 0 Å². The number of likely N-dealkylation sites (tertiary alicyclic amines) is 1. The Morgan fingerprint density at radius 2 is 2.00 bits per heavy atom. The van der Waals surface area contributed by atoms with Crippen LogP contribution in [0.3, 0.4) is 0 Å². The van der Waals surface area contributed by atoms with Crippen molar-refractivity contribution in [3.63, 3.8) is 0 Å². The van der Waals surface area contributed by atoms with E-state index in [-0.39, 0.29) is 17.9 Å². The van der Waals surface area contributed by atoms with E-state index in [0.29, 0.717) is 29.1 Å². The molecule has 1 fully saturated rings. The van der Waals surface area contributed by atoms with Crippen molar-refractivity contribution in [2.75, 3.05) is 13.1 Å². The van der Waals surface area contributed by atoms with Crippen molar-refractivity contribution >= 4 is 11.8 Å². The summed E-state index contributed by atoms with van der Waals surface area (Å²) >= 11 is 0. The van der Waals surface area contributed by atoms with E-state index >= 15 is 0 Å². The maximum Gasteiger partial charge on any atom is 0.259 e. The minimum atomic E-state index is -0.0787. The van der Waals surface area contributed by atoms with Crippen molar-refractivity contribution in [1.82, 2.24) is 15.4 Å². The molecule has 2 aromatic rings. The van der Waals surface area contributed by atoms with Crippen LogP contribution in [0.1, 0.15) is 57.9 Å². The van der Waals surface area contributed by atoms with Crippen LogP contribution in [0.25, 0.3) is 0 Å². The Morgan fingerprint density at radius 3 is 2.69 bits per heavy atom. The van der Waals surface area contributed by atoms with Gasteiger partial charge in [-0.2, -0.15) is 0 Å². The topological polar surface area (TPSA) is 75.4 Å². The summed E-state index contributed by atoms with van der Waals surface area (Å²) in [6.07, 6.45) is 3.80. The summed E-state index contributed by atoms with van der Waals surface area (Å²) in [5, 5.41) is 6.85. The van der Waals surface area contributed by atoms with Crippen LogP contribution in [-0.4, -0.2) is 41.0 Å². The van der Waals surface area contributed by atoms with Crippen LogP contribution in [0, 0.1) is 13.8 Å². The number of aryl methyl sites for hydroxylation is 2. The van der Waals surface area contributed by atoms with E-state index in [9.17, 15) is 9.59 Å². The smallest absolute Gasteiger partial charge is 0.259 e. The Hall–Kier alpha value is -2.63. The number of hydrogen-bond acceptors (Lipinski definition) is 4. The number of nitrogens with zero attached hydrogens (tertiary/aromatic N) is 2. The van der Waals surface area contributed by atoms with Gasteiger partial charge in [0.15, 0.2) is 0 Å². The highest BCUT2D eigenvalue weighted by atomic mass is 16.5. The minimum absolute atomic E-state index is 0.0136. The van der Waals surface area contributed by atoms with Crippen LogP contribution in [0.4, 0.5) is 0 Å². The van der Waals surface area contributed by atoms with Gasteiger partial charge in [-0.3, -0.25) is 9.59 Å². The van der Waals surface area contributed by atoms with E-state index in [1.54, 1.807) is 26.0 Å². The molecule has 2 amide bonds. The minimum Gasteiger partial charge on any atom is -0.361 e. The van der Waals surface area contributed by atoms with Crippen molar-refractivity contribution < 1.29 is 14.1 Å². The molecule has 1 N–H and O–H groups in total. The van der Waals surface area contributed by atoms with Crippen molar-refractivity contribution in [2.45, 2.75) is 45.6 Å². The van der Waals surface area contributed by atoms with Gasteiger partial charge in [-0.1, -0.05) is 23.4 Å². The van der Waals surface area contributed by atoms with Gasteiger partial charge in [-0.25, -0.2) is 0 Å². The number of carbonyl (C=O) groups is 2. The van der Waals surface area contributed by atoms with Gasteiger partial charge in [0.1, 0.15) is 11.3 Å². The lowest BCUT2D eigenvalue weighted by atomic mass is 9.97. The Labute approximate surface area is 153 Å². The van der Waals surface area contributed by atoms with E-state index in [1.807, 2.05) is 23.1 Å². The molecule has 1 aromatic carbocycles. The lowest BCUT2D eigenvalue weighted by Crippen LogP contribution is -2.45. The molecule has 1 saturated heterocycles. The highest BCUT2D eigenvalue weighted by Gasteiger charge is 2.30. The number of amides is 2. The van der Waals surface area contributed by atoms with Gasteiger partial charge >= 0.3 is 0 Å². The van der Waals surface area contributed by atoms with Gasteiger partial charge in [0.2, 0.25) is 0 Å².